The molecule has 0 unspecified atom stereocenters. The van der Waals surface area contributed by atoms with E-state index in [0.717, 1.165) is 5.56 Å². The van der Waals surface area contributed by atoms with Crippen LogP contribution >= 0.6 is 0 Å². The molecule has 1 saturated heterocycles. The van der Waals surface area contributed by atoms with Crippen LogP contribution in [-0.4, -0.2) is 66.0 Å². The molecule has 3 rings (SSSR count). The minimum Gasteiger partial charge on any atom is -0.444 e. The summed E-state index contributed by atoms with van der Waals surface area (Å²) in [6.07, 6.45) is -1.12. The number of nitrogens with one attached hydrogen (secondary N) is 2. The minimum absolute atomic E-state index is 0.0253. The van der Waals surface area contributed by atoms with E-state index in [-0.39, 0.29) is 43.2 Å². The maximum Gasteiger partial charge on any atom is 0.410 e. The molecule has 0 saturated carbocycles. The fraction of sp³-hybridized carbons (Fsp3) is 0.500. The smallest absolute Gasteiger partial charge is 0.410 e. The number of amides is 3. The number of nitrogens with zero attached hydrogens (tertiary/aromatic N) is 2. The molecule has 1 aromatic heterocycles. The Kier molecular flexibility index (Phi) is 9.06. The molecule has 1 aromatic carbocycles. The fourth-order valence-corrected chi connectivity index (χ4v) is 4.30. The first kappa shape index (κ1) is 29.0. The van der Waals surface area contributed by atoms with Gasteiger partial charge in [-0.3, -0.25) is 9.59 Å². The number of aromatic nitrogens is 1. The van der Waals surface area contributed by atoms with Crippen molar-refractivity contribution in [1.82, 2.24) is 20.5 Å². The van der Waals surface area contributed by atoms with Gasteiger partial charge in [-0.1, -0.05) is 37.3 Å². The molecule has 38 heavy (non-hydrogen) atoms. The molecule has 10 heteroatoms. The van der Waals surface area contributed by atoms with Crippen LogP contribution in [0.3, 0.4) is 0 Å². The van der Waals surface area contributed by atoms with Crippen LogP contribution in [0.15, 0.2) is 42.5 Å². The zero-order valence-corrected chi connectivity index (χ0v) is 22.5. The van der Waals surface area contributed by atoms with Crippen LogP contribution in [0.4, 0.5) is 13.6 Å². The number of alkyl halides is 2. The van der Waals surface area contributed by atoms with E-state index in [0.29, 0.717) is 5.69 Å². The molecule has 3 amide bonds. The SMILES string of the molecule is CNC(=O)c1cc(C(=O)NCC[C@@H]2CN(C(=O)OC(C)(C)C)CCC2(F)F)cc([C@@H](C)c2ccccc2)n1. The standard InChI is InChI=1S/C28H36F2N4O4/c1-18(19-9-7-6-8-10-19)22-15-20(16-23(33-22)25(36)31-5)24(35)32-13-11-21-17-34(14-12-28(21,29)30)26(37)38-27(2,3)4/h6-10,15-16,18,21H,11-14,17H2,1-5H3,(H,31,36)(H,32,35)/t18-,21+/m0/s1. The molecule has 0 aliphatic carbocycles. The molecule has 0 bridgehead atoms. The first-order valence-electron chi connectivity index (χ1n) is 12.7. The van der Waals surface area contributed by atoms with Crippen LogP contribution in [0.5, 0.6) is 0 Å². The summed E-state index contributed by atoms with van der Waals surface area (Å²) in [7, 11) is 1.47. The van der Waals surface area contributed by atoms with Crippen molar-refractivity contribution in [2.24, 2.45) is 5.92 Å². The number of hydrogen-bond donors (Lipinski definition) is 2. The monoisotopic (exact) mass is 530 g/mol. The van der Waals surface area contributed by atoms with Gasteiger partial charge in [0.25, 0.3) is 17.7 Å². The molecule has 2 N–H and O–H groups in total. The normalized spacial score (nSPS) is 17.9. The van der Waals surface area contributed by atoms with Gasteiger partial charge in [0.05, 0.1) is 0 Å². The van der Waals surface area contributed by atoms with E-state index in [1.54, 1.807) is 26.8 Å². The first-order valence-corrected chi connectivity index (χ1v) is 12.7. The van der Waals surface area contributed by atoms with Crippen LogP contribution in [0.2, 0.25) is 0 Å². The Labute approximate surface area is 222 Å². The largest absolute Gasteiger partial charge is 0.444 e. The van der Waals surface area contributed by atoms with E-state index < -0.39 is 41.8 Å². The van der Waals surface area contributed by atoms with Crippen molar-refractivity contribution in [3.63, 3.8) is 0 Å². The van der Waals surface area contributed by atoms with E-state index >= 15 is 0 Å². The van der Waals surface area contributed by atoms with Crippen LogP contribution in [-0.2, 0) is 4.74 Å². The molecule has 2 atom stereocenters. The predicted molar refractivity (Wildman–Crippen MR) is 139 cm³/mol. The number of piperidine rings is 1. The van der Waals surface area contributed by atoms with Gasteiger partial charge in [-0.2, -0.15) is 0 Å². The molecule has 1 aliphatic heterocycles. The Hall–Kier alpha value is -3.56. The first-order chi connectivity index (χ1) is 17.8. The van der Waals surface area contributed by atoms with Crippen molar-refractivity contribution in [2.45, 2.75) is 58.0 Å². The highest BCUT2D eigenvalue weighted by molar-refractivity contribution is 5.98. The minimum atomic E-state index is -2.97. The summed E-state index contributed by atoms with van der Waals surface area (Å²) in [6.45, 7) is 6.81. The highest BCUT2D eigenvalue weighted by atomic mass is 19.3. The van der Waals surface area contributed by atoms with Gasteiger partial charge >= 0.3 is 6.09 Å². The highest BCUT2D eigenvalue weighted by Gasteiger charge is 2.45. The third-order valence-corrected chi connectivity index (χ3v) is 6.49. The highest BCUT2D eigenvalue weighted by Crippen LogP contribution is 2.36. The Balaban J connectivity index is 1.70. The van der Waals surface area contributed by atoms with Gasteiger partial charge in [0.2, 0.25) is 0 Å². The van der Waals surface area contributed by atoms with Gasteiger partial charge in [0.1, 0.15) is 11.3 Å². The Bertz CT molecular complexity index is 1150. The van der Waals surface area contributed by atoms with Crippen molar-refractivity contribution in [3.8, 4) is 0 Å². The van der Waals surface area contributed by atoms with Crippen molar-refractivity contribution in [1.29, 1.82) is 0 Å². The number of carbonyl (C=O) groups excluding carboxylic acids is 3. The summed E-state index contributed by atoms with van der Waals surface area (Å²) in [5.41, 5.74) is 1.07. The van der Waals surface area contributed by atoms with E-state index in [1.165, 1.54) is 18.0 Å². The topological polar surface area (TPSA) is 101 Å². The summed E-state index contributed by atoms with van der Waals surface area (Å²) in [5.74, 6) is -5.22. The zero-order valence-electron chi connectivity index (χ0n) is 22.5. The van der Waals surface area contributed by atoms with Crippen LogP contribution in [0.1, 0.15) is 78.6 Å². The van der Waals surface area contributed by atoms with Crippen LogP contribution in [0, 0.1) is 5.92 Å². The average Bonchev–Trinajstić information content (AvgIpc) is 2.87. The van der Waals surface area contributed by atoms with E-state index in [9.17, 15) is 23.2 Å². The van der Waals surface area contributed by atoms with Gasteiger partial charge in [-0.25, -0.2) is 18.6 Å². The quantitative estimate of drug-likeness (QED) is 0.545. The number of hydrogen-bond acceptors (Lipinski definition) is 5. The van der Waals surface area contributed by atoms with Crippen LogP contribution < -0.4 is 10.6 Å². The predicted octanol–water partition coefficient (Wildman–Crippen LogP) is 4.61. The number of carbonyl (C=O) groups is 3. The number of benzene rings is 1. The van der Waals surface area contributed by atoms with Gasteiger partial charge in [0.15, 0.2) is 0 Å². The molecule has 0 spiro atoms. The van der Waals surface area contributed by atoms with E-state index in [2.05, 4.69) is 15.6 Å². The third-order valence-electron chi connectivity index (χ3n) is 6.49. The van der Waals surface area contributed by atoms with Crippen molar-refractivity contribution in [2.75, 3.05) is 26.7 Å². The summed E-state index contributed by atoms with van der Waals surface area (Å²) >= 11 is 0. The maximum atomic E-state index is 14.6. The summed E-state index contributed by atoms with van der Waals surface area (Å²) < 4.78 is 34.6. The molecule has 2 heterocycles. The Morgan fingerprint density at radius 3 is 2.47 bits per heavy atom. The number of ether oxygens (including phenoxy) is 1. The molecule has 1 aliphatic rings. The van der Waals surface area contributed by atoms with Crippen LogP contribution in [0.25, 0.3) is 0 Å². The van der Waals surface area contributed by atoms with E-state index in [1.807, 2.05) is 37.3 Å². The number of halogens is 2. The second-order valence-electron chi connectivity index (χ2n) is 10.6. The summed E-state index contributed by atoms with van der Waals surface area (Å²) in [6, 6.07) is 12.5. The molecule has 8 nitrogen and oxygen atoms in total. The molecule has 1 fully saturated rings. The Morgan fingerprint density at radius 1 is 1.16 bits per heavy atom. The second-order valence-corrected chi connectivity index (χ2v) is 10.6. The third kappa shape index (κ3) is 7.49. The van der Waals surface area contributed by atoms with E-state index in [4.69, 9.17) is 4.74 Å². The number of likely N-dealkylation sites (tertiary alicyclic amines) is 1. The molecule has 0 radical (unpaired) electrons. The van der Waals surface area contributed by atoms with Crippen molar-refractivity contribution in [3.05, 3.63) is 65.0 Å². The number of rotatable bonds is 7. The van der Waals surface area contributed by atoms with Gasteiger partial charge < -0.3 is 20.3 Å². The fourth-order valence-electron chi connectivity index (χ4n) is 4.30. The number of pyridine rings is 1. The lowest BCUT2D eigenvalue weighted by atomic mass is 9.90. The van der Waals surface area contributed by atoms with Gasteiger partial charge in [0, 0.05) is 56.2 Å². The lowest BCUT2D eigenvalue weighted by molar-refractivity contribution is -0.107. The summed E-state index contributed by atoms with van der Waals surface area (Å²) in [4.78, 5) is 43.5. The van der Waals surface area contributed by atoms with Gasteiger partial charge in [-0.05, 0) is 44.9 Å². The zero-order chi connectivity index (χ0) is 28.1. The average molecular weight is 531 g/mol. The van der Waals surface area contributed by atoms with Crippen molar-refractivity contribution < 1.29 is 27.9 Å². The molecular weight excluding hydrogens is 494 g/mol. The summed E-state index contributed by atoms with van der Waals surface area (Å²) in [5, 5.41) is 5.21. The Morgan fingerprint density at radius 2 is 1.84 bits per heavy atom. The second kappa shape index (κ2) is 11.9. The van der Waals surface area contributed by atoms with Gasteiger partial charge in [-0.15, -0.1) is 0 Å². The molecule has 206 valence electrons. The lowest BCUT2D eigenvalue weighted by Gasteiger charge is -2.38. The molecule has 2 aromatic rings. The van der Waals surface area contributed by atoms with Crippen molar-refractivity contribution >= 4 is 17.9 Å². The maximum absolute atomic E-state index is 14.6. The molecular formula is C28H36F2N4O4. The lowest BCUT2D eigenvalue weighted by Crippen LogP contribution is -2.51.